The number of fused-ring (bicyclic) bond motifs is 6. The highest BCUT2D eigenvalue weighted by atomic mass is 19.1. The topological polar surface area (TPSA) is 6.48 Å². The van der Waals surface area contributed by atoms with E-state index in [1.165, 1.54) is 74.3 Å². The van der Waals surface area contributed by atoms with Gasteiger partial charge in [-0.2, -0.15) is 0 Å². The third-order valence-electron chi connectivity index (χ3n) is 11.4. The number of anilines is 6. The van der Waals surface area contributed by atoms with Crippen LogP contribution in [0.4, 0.5) is 42.9 Å². The van der Waals surface area contributed by atoms with Crippen LogP contribution in [0.2, 0.25) is 0 Å². The number of hydrogen-bond donors (Lipinski definition) is 0. The molecule has 0 unspecified atom stereocenters. The predicted octanol–water partition coefficient (Wildman–Crippen LogP) is 13.8. The molecule has 0 aliphatic heterocycles. The molecule has 0 heterocycles. The molecule has 0 aromatic heterocycles. The summed E-state index contributed by atoms with van der Waals surface area (Å²) in [6.07, 6.45) is 0. The number of rotatable bonds is 6. The van der Waals surface area contributed by atoms with Crippen LogP contribution < -0.4 is 9.80 Å². The Labute approximate surface area is 310 Å². The lowest BCUT2D eigenvalue weighted by Crippen LogP contribution is -2.18. The molecule has 2 nitrogen and oxygen atoms in total. The highest BCUT2D eigenvalue weighted by Gasteiger charge is 2.43. The van der Waals surface area contributed by atoms with Gasteiger partial charge in [-0.05, 0) is 166 Å². The third-order valence-corrected chi connectivity index (χ3v) is 11.4. The maximum absolute atomic E-state index is 14.1. The first-order valence-electron chi connectivity index (χ1n) is 18.2. The second kappa shape index (κ2) is 12.0. The summed E-state index contributed by atoms with van der Waals surface area (Å²) in [4.78, 5) is 4.41. The van der Waals surface area contributed by atoms with Gasteiger partial charge in [-0.3, -0.25) is 0 Å². The van der Waals surface area contributed by atoms with Gasteiger partial charge in [0, 0.05) is 45.0 Å². The summed E-state index contributed by atoms with van der Waals surface area (Å²) in [7, 11) is 0. The van der Waals surface area contributed by atoms with Crippen LogP contribution in [0.5, 0.6) is 0 Å². The van der Waals surface area contributed by atoms with Crippen molar-refractivity contribution in [2.45, 2.75) is 45.4 Å². The zero-order valence-corrected chi connectivity index (χ0v) is 30.6. The Kier molecular flexibility index (Phi) is 7.46. The maximum Gasteiger partial charge on any atom is 0.123 e. The third kappa shape index (κ3) is 5.19. The fourth-order valence-corrected chi connectivity index (χ4v) is 8.75. The molecule has 0 fully saturated rings. The minimum atomic E-state index is -0.259. The normalized spacial score (nSPS) is 14.2. The minimum Gasteiger partial charge on any atom is -0.310 e. The summed E-state index contributed by atoms with van der Waals surface area (Å²) < 4.78 is 28.1. The van der Waals surface area contributed by atoms with Crippen LogP contribution in [0.1, 0.15) is 55.5 Å². The molecule has 2 aliphatic rings. The highest BCUT2D eigenvalue weighted by Crippen LogP contribution is 2.58. The summed E-state index contributed by atoms with van der Waals surface area (Å²) >= 11 is 0. The lowest BCUT2D eigenvalue weighted by Gasteiger charge is -2.29. The molecular weight excluding hydrogens is 655 g/mol. The van der Waals surface area contributed by atoms with Crippen LogP contribution >= 0.6 is 0 Å². The molecule has 0 radical (unpaired) electrons. The molecular formula is C49H40F2N2. The quantitative estimate of drug-likeness (QED) is 0.171. The van der Waals surface area contributed by atoms with E-state index in [1.54, 1.807) is 0 Å². The average Bonchev–Trinajstić information content (AvgIpc) is 3.52. The molecule has 4 heteroatoms. The number of para-hydroxylation sites is 2. The van der Waals surface area contributed by atoms with Gasteiger partial charge in [0.25, 0.3) is 0 Å². The van der Waals surface area contributed by atoms with Crippen LogP contribution in [0.3, 0.4) is 0 Å². The summed E-state index contributed by atoms with van der Waals surface area (Å²) in [5.74, 6) is -0.503. The Balaban J connectivity index is 1.16. The van der Waals surface area contributed by atoms with Crippen molar-refractivity contribution < 1.29 is 8.78 Å². The highest BCUT2D eigenvalue weighted by molar-refractivity contribution is 5.93. The Bertz CT molecular complexity index is 2520. The van der Waals surface area contributed by atoms with E-state index in [0.29, 0.717) is 0 Å². The van der Waals surface area contributed by atoms with Crippen molar-refractivity contribution in [3.05, 3.63) is 191 Å². The molecule has 0 spiro atoms. The molecule has 0 N–H and O–H groups in total. The van der Waals surface area contributed by atoms with Crippen molar-refractivity contribution in [1.29, 1.82) is 0 Å². The molecule has 9 rings (SSSR count). The van der Waals surface area contributed by atoms with Crippen LogP contribution in [0, 0.1) is 18.6 Å². The van der Waals surface area contributed by atoms with Crippen molar-refractivity contribution >= 4 is 34.1 Å². The largest absolute Gasteiger partial charge is 0.310 e. The molecule has 0 atom stereocenters. The lowest BCUT2D eigenvalue weighted by atomic mass is 9.79. The van der Waals surface area contributed by atoms with E-state index in [4.69, 9.17) is 0 Å². The summed E-state index contributed by atoms with van der Waals surface area (Å²) in [6, 6.07) is 50.3. The van der Waals surface area contributed by atoms with Gasteiger partial charge >= 0.3 is 0 Å². The average molecular weight is 695 g/mol. The first kappa shape index (κ1) is 32.9. The SMILES string of the molecule is Cc1cc(N(c2ccccc2)c2ccc(F)cc2)cc2c1-c1cc3c(cc1C2(C)C)-c1ccc(N(c2ccccc2)c2ccc(F)cc2)cc1C3(C)C. The van der Waals surface area contributed by atoms with Crippen molar-refractivity contribution in [2.24, 2.45) is 0 Å². The Hall–Kier alpha value is -6.00. The van der Waals surface area contributed by atoms with E-state index >= 15 is 0 Å². The molecule has 260 valence electrons. The van der Waals surface area contributed by atoms with E-state index < -0.39 is 0 Å². The minimum absolute atomic E-state index is 0.251. The molecule has 2 aliphatic carbocycles. The second-order valence-corrected chi connectivity index (χ2v) is 15.4. The van der Waals surface area contributed by atoms with E-state index in [9.17, 15) is 8.78 Å². The maximum atomic E-state index is 14.1. The summed E-state index contributed by atoms with van der Waals surface area (Å²) in [6.45, 7) is 11.5. The van der Waals surface area contributed by atoms with Gasteiger partial charge in [-0.15, -0.1) is 0 Å². The van der Waals surface area contributed by atoms with E-state index in [2.05, 4.69) is 111 Å². The first-order valence-corrected chi connectivity index (χ1v) is 18.2. The van der Waals surface area contributed by atoms with E-state index in [1.807, 2.05) is 60.7 Å². The number of benzene rings is 7. The summed E-state index contributed by atoms with van der Waals surface area (Å²) in [5, 5.41) is 0. The van der Waals surface area contributed by atoms with Gasteiger partial charge in [0.2, 0.25) is 0 Å². The number of hydrogen-bond acceptors (Lipinski definition) is 2. The van der Waals surface area contributed by atoms with Gasteiger partial charge in [-0.1, -0.05) is 70.2 Å². The molecule has 53 heavy (non-hydrogen) atoms. The Morgan fingerprint density at radius 1 is 0.377 bits per heavy atom. The fraction of sp³-hybridized carbons (Fsp3) is 0.143. The molecule has 0 saturated carbocycles. The van der Waals surface area contributed by atoms with Gasteiger partial charge in [-0.25, -0.2) is 8.78 Å². The molecule has 7 aromatic carbocycles. The van der Waals surface area contributed by atoms with Crippen LogP contribution in [-0.4, -0.2) is 0 Å². The van der Waals surface area contributed by atoms with Crippen molar-refractivity contribution in [2.75, 3.05) is 9.80 Å². The first-order chi connectivity index (χ1) is 25.5. The molecule has 0 amide bonds. The van der Waals surface area contributed by atoms with Crippen molar-refractivity contribution in [3.63, 3.8) is 0 Å². The van der Waals surface area contributed by atoms with Gasteiger partial charge in [0.1, 0.15) is 11.6 Å². The molecule has 0 bridgehead atoms. The lowest BCUT2D eigenvalue weighted by molar-refractivity contribution is 0.627. The van der Waals surface area contributed by atoms with Crippen molar-refractivity contribution in [3.8, 4) is 22.3 Å². The van der Waals surface area contributed by atoms with E-state index in [-0.39, 0.29) is 22.5 Å². The fourth-order valence-electron chi connectivity index (χ4n) is 8.75. The number of aryl methyl sites for hydroxylation is 1. The van der Waals surface area contributed by atoms with Gasteiger partial charge in [0.15, 0.2) is 0 Å². The zero-order valence-electron chi connectivity index (χ0n) is 30.6. The van der Waals surface area contributed by atoms with Gasteiger partial charge < -0.3 is 9.80 Å². The van der Waals surface area contributed by atoms with E-state index in [0.717, 1.165) is 34.1 Å². The van der Waals surface area contributed by atoms with Crippen LogP contribution in [0.15, 0.2) is 152 Å². The van der Waals surface area contributed by atoms with Crippen LogP contribution in [-0.2, 0) is 10.8 Å². The monoisotopic (exact) mass is 694 g/mol. The molecule has 0 saturated heterocycles. The standard InChI is InChI=1S/C49H40F2N2/c1-31-26-39(53(35-14-10-7-11-15-35)37-22-18-33(51)19-23-37)28-46-47(31)42-30-44-41(29-45(42)49(46,4)5)40-25-24-38(27-43(40)48(44,2)3)52(34-12-8-6-9-13-34)36-20-16-32(50)17-21-36/h6-30H,1-5H3. The van der Waals surface area contributed by atoms with Gasteiger partial charge in [0.05, 0.1) is 0 Å². The zero-order chi connectivity index (χ0) is 36.6. The number of nitrogens with zero attached hydrogens (tertiary/aromatic N) is 2. The van der Waals surface area contributed by atoms with Crippen LogP contribution in [0.25, 0.3) is 22.3 Å². The Morgan fingerprint density at radius 3 is 1.36 bits per heavy atom. The molecule has 7 aromatic rings. The van der Waals surface area contributed by atoms with Crippen molar-refractivity contribution in [1.82, 2.24) is 0 Å². The second-order valence-electron chi connectivity index (χ2n) is 15.4. The Morgan fingerprint density at radius 2 is 0.792 bits per heavy atom. The predicted molar refractivity (Wildman–Crippen MR) is 216 cm³/mol. The number of halogens is 2. The summed E-state index contributed by atoms with van der Waals surface area (Å²) in [5.41, 5.74) is 17.0. The smallest absolute Gasteiger partial charge is 0.123 e.